The summed E-state index contributed by atoms with van der Waals surface area (Å²) in [6.45, 7) is 5.08. The van der Waals surface area contributed by atoms with E-state index in [4.69, 9.17) is 14.2 Å². The van der Waals surface area contributed by atoms with E-state index in [1.165, 1.54) is 0 Å². The molecule has 1 N–H and O–H groups in total. The Morgan fingerprint density at radius 2 is 1.51 bits per heavy atom. The van der Waals surface area contributed by atoms with Gasteiger partial charge in [-0.25, -0.2) is 0 Å². The van der Waals surface area contributed by atoms with E-state index < -0.39 is 0 Å². The summed E-state index contributed by atoms with van der Waals surface area (Å²) >= 11 is 3.45. The van der Waals surface area contributed by atoms with E-state index in [0.717, 1.165) is 10.2 Å². The molecule has 0 aliphatic carbocycles. The molecular formula is C28H30BrN3O5. The minimum Gasteiger partial charge on any atom is -0.497 e. The molecule has 4 rings (SSSR count). The van der Waals surface area contributed by atoms with Crippen LogP contribution in [0.1, 0.15) is 27.6 Å². The van der Waals surface area contributed by atoms with Crippen LogP contribution in [0.25, 0.3) is 0 Å². The van der Waals surface area contributed by atoms with Gasteiger partial charge >= 0.3 is 0 Å². The molecule has 0 radical (unpaired) electrons. The molecule has 8 nitrogen and oxygen atoms in total. The Labute approximate surface area is 225 Å². The number of carbonyl (C=O) groups excluding carboxylic acids is 2. The summed E-state index contributed by atoms with van der Waals surface area (Å²) in [6.07, 6.45) is 0. The second-order valence-corrected chi connectivity index (χ2v) is 9.31. The van der Waals surface area contributed by atoms with Crippen LogP contribution >= 0.6 is 15.9 Å². The number of rotatable bonds is 8. The van der Waals surface area contributed by atoms with E-state index in [0.29, 0.717) is 66.8 Å². The number of hydrogen-bond acceptors (Lipinski definition) is 6. The summed E-state index contributed by atoms with van der Waals surface area (Å²) in [7, 11) is 3.13. The van der Waals surface area contributed by atoms with Crippen LogP contribution in [0.15, 0.2) is 65.1 Å². The maximum atomic E-state index is 13.1. The zero-order valence-electron chi connectivity index (χ0n) is 21.1. The monoisotopic (exact) mass is 567 g/mol. The van der Waals surface area contributed by atoms with Crippen LogP contribution < -0.4 is 24.4 Å². The fourth-order valence-electron chi connectivity index (χ4n) is 4.15. The van der Waals surface area contributed by atoms with Gasteiger partial charge in [0.1, 0.15) is 17.2 Å². The Kier molecular flexibility index (Phi) is 8.55. The largest absolute Gasteiger partial charge is 0.497 e. The summed E-state index contributed by atoms with van der Waals surface area (Å²) in [5, 5.41) is 2.93. The molecular weight excluding hydrogens is 538 g/mol. The Bertz CT molecular complexity index is 1230. The van der Waals surface area contributed by atoms with Crippen LogP contribution in [0.3, 0.4) is 0 Å². The summed E-state index contributed by atoms with van der Waals surface area (Å²) in [4.78, 5) is 29.8. The molecule has 0 aromatic heterocycles. The zero-order valence-corrected chi connectivity index (χ0v) is 22.7. The number of amides is 2. The number of carbonyl (C=O) groups is 2. The van der Waals surface area contributed by atoms with E-state index in [9.17, 15) is 9.59 Å². The van der Waals surface area contributed by atoms with Gasteiger partial charge in [-0.05, 0) is 77.5 Å². The van der Waals surface area contributed by atoms with E-state index >= 15 is 0 Å². The molecule has 2 amide bonds. The van der Waals surface area contributed by atoms with Gasteiger partial charge in [0.05, 0.1) is 25.3 Å². The normalized spacial score (nSPS) is 13.2. The van der Waals surface area contributed by atoms with Crippen molar-refractivity contribution in [3.05, 3.63) is 76.3 Å². The molecule has 1 aliphatic heterocycles. The lowest BCUT2D eigenvalue weighted by Gasteiger charge is -2.36. The SMILES string of the molecule is CCOc1ccc(C(=O)Nc2ccc(N3CCN(C(=O)c4cc(OC)cc(OC)c4)CC3)cc2)cc1Br. The second-order valence-electron chi connectivity index (χ2n) is 8.46. The maximum absolute atomic E-state index is 13.1. The van der Waals surface area contributed by atoms with Gasteiger partial charge in [-0.15, -0.1) is 0 Å². The highest BCUT2D eigenvalue weighted by molar-refractivity contribution is 9.10. The molecule has 194 valence electrons. The standard InChI is InChI=1S/C28H30BrN3O5/c1-4-37-26-10-5-19(17-25(26)29)27(33)30-21-6-8-22(9-7-21)31-11-13-32(14-12-31)28(34)20-15-23(35-2)18-24(16-20)36-3/h5-10,15-18H,4,11-14H2,1-3H3,(H,30,33). The number of anilines is 2. The van der Waals surface area contributed by atoms with Crippen LogP contribution in [0.5, 0.6) is 17.2 Å². The van der Waals surface area contributed by atoms with E-state index in [1.807, 2.05) is 36.1 Å². The quantitative estimate of drug-likeness (QED) is 0.409. The lowest BCUT2D eigenvalue weighted by molar-refractivity contribution is 0.0746. The van der Waals surface area contributed by atoms with E-state index in [1.54, 1.807) is 50.6 Å². The van der Waals surface area contributed by atoms with Crippen molar-refractivity contribution in [3.8, 4) is 17.2 Å². The van der Waals surface area contributed by atoms with Crippen LogP contribution in [-0.4, -0.2) is 63.7 Å². The molecule has 0 unspecified atom stereocenters. The summed E-state index contributed by atoms with van der Waals surface area (Å²) in [6, 6.07) is 18.2. The maximum Gasteiger partial charge on any atom is 0.255 e. The minimum atomic E-state index is -0.196. The van der Waals surface area contributed by atoms with E-state index in [-0.39, 0.29) is 11.8 Å². The fraction of sp³-hybridized carbons (Fsp3) is 0.286. The predicted octanol–water partition coefficient (Wildman–Crippen LogP) is 5.08. The van der Waals surface area contributed by atoms with Crippen molar-refractivity contribution in [2.75, 3.05) is 57.2 Å². The van der Waals surface area contributed by atoms with Crippen LogP contribution in [0, 0.1) is 0 Å². The number of benzene rings is 3. The van der Waals surface area contributed by atoms with Gasteiger partial charge in [-0.3, -0.25) is 9.59 Å². The van der Waals surface area contributed by atoms with Crippen molar-refractivity contribution in [2.45, 2.75) is 6.92 Å². The first kappa shape index (κ1) is 26.3. The molecule has 3 aromatic rings. The van der Waals surface area contributed by atoms with Crippen molar-refractivity contribution in [1.29, 1.82) is 0 Å². The number of hydrogen-bond donors (Lipinski definition) is 1. The van der Waals surface area contributed by atoms with Gasteiger partial charge in [-0.2, -0.15) is 0 Å². The van der Waals surface area contributed by atoms with Crippen molar-refractivity contribution in [2.24, 2.45) is 0 Å². The molecule has 9 heteroatoms. The second kappa shape index (κ2) is 12.0. The summed E-state index contributed by atoms with van der Waals surface area (Å²) in [5.74, 6) is 1.63. The number of nitrogens with one attached hydrogen (secondary N) is 1. The highest BCUT2D eigenvalue weighted by atomic mass is 79.9. The first-order chi connectivity index (χ1) is 17.9. The van der Waals surface area contributed by atoms with Crippen LogP contribution in [0.2, 0.25) is 0 Å². The number of piperazine rings is 1. The third-order valence-electron chi connectivity index (χ3n) is 6.15. The zero-order chi connectivity index (χ0) is 26.4. The number of halogens is 1. The fourth-order valence-corrected chi connectivity index (χ4v) is 4.65. The smallest absolute Gasteiger partial charge is 0.255 e. The van der Waals surface area contributed by atoms with Crippen molar-refractivity contribution in [1.82, 2.24) is 4.90 Å². The first-order valence-corrected chi connectivity index (χ1v) is 12.8. The molecule has 1 fully saturated rings. The molecule has 0 bridgehead atoms. The topological polar surface area (TPSA) is 80.3 Å². The third-order valence-corrected chi connectivity index (χ3v) is 6.77. The van der Waals surface area contributed by atoms with Gasteiger partial charge in [0.15, 0.2) is 0 Å². The van der Waals surface area contributed by atoms with Gasteiger partial charge in [-0.1, -0.05) is 0 Å². The van der Waals surface area contributed by atoms with E-state index in [2.05, 4.69) is 26.1 Å². The highest BCUT2D eigenvalue weighted by Crippen LogP contribution is 2.27. The average molecular weight is 568 g/mol. The molecule has 3 aromatic carbocycles. The minimum absolute atomic E-state index is 0.0455. The van der Waals surface area contributed by atoms with Crippen LogP contribution in [-0.2, 0) is 0 Å². The predicted molar refractivity (Wildman–Crippen MR) is 147 cm³/mol. The molecule has 0 saturated carbocycles. The average Bonchev–Trinajstić information content (AvgIpc) is 2.94. The number of nitrogens with zero attached hydrogens (tertiary/aromatic N) is 2. The Morgan fingerprint density at radius 1 is 0.865 bits per heavy atom. The lowest BCUT2D eigenvalue weighted by Crippen LogP contribution is -2.48. The summed E-state index contributed by atoms with van der Waals surface area (Å²) < 4.78 is 16.8. The lowest BCUT2D eigenvalue weighted by atomic mass is 10.1. The molecule has 37 heavy (non-hydrogen) atoms. The number of ether oxygens (including phenoxy) is 3. The van der Waals surface area contributed by atoms with Gasteiger partial charge in [0.25, 0.3) is 11.8 Å². The molecule has 1 aliphatic rings. The van der Waals surface area contributed by atoms with Gasteiger partial charge in [0, 0.05) is 54.7 Å². The van der Waals surface area contributed by atoms with Crippen molar-refractivity contribution < 1.29 is 23.8 Å². The third kappa shape index (κ3) is 6.35. The van der Waals surface area contributed by atoms with Gasteiger partial charge < -0.3 is 29.3 Å². The number of methoxy groups -OCH3 is 2. The van der Waals surface area contributed by atoms with Crippen molar-refractivity contribution in [3.63, 3.8) is 0 Å². The Morgan fingerprint density at radius 3 is 2.08 bits per heavy atom. The first-order valence-electron chi connectivity index (χ1n) is 12.0. The molecule has 0 atom stereocenters. The molecule has 1 heterocycles. The highest BCUT2D eigenvalue weighted by Gasteiger charge is 2.23. The Balaban J connectivity index is 1.34. The Hall–Kier alpha value is -3.72. The van der Waals surface area contributed by atoms with Crippen molar-refractivity contribution >= 4 is 39.1 Å². The van der Waals surface area contributed by atoms with Crippen LogP contribution in [0.4, 0.5) is 11.4 Å². The molecule has 1 saturated heterocycles. The summed E-state index contributed by atoms with van der Waals surface area (Å²) in [5.41, 5.74) is 2.83. The van der Waals surface area contributed by atoms with Gasteiger partial charge in [0.2, 0.25) is 0 Å². The molecule has 0 spiro atoms.